The summed E-state index contributed by atoms with van der Waals surface area (Å²) >= 11 is 0. The molecule has 0 aromatic heterocycles. The fraction of sp³-hybridized carbons (Fsp3) is 0.125. The SMILES string of the molecule is CNc1c(C=O)cccc1S(N)(=O)=O. The van der Waals surface area contributed by atoms with E-state index in [1.807, 2.05) is 0 Å². The molecule has 0 radical (unpaired) electrons. The van der Waals surface area contributed by atoms with Crippen molar-refractivity contribution in [2.75, 3.05) is 12.4 Å². The maximum atomic E-state index is 11.1. The maximum Gasteiger partial charge on any atom is 0.240 e. The number of benzene rings is 1. The Labute approximate surface area is 82.0 Å². The number of para-hydroxylation sites is 1. The van der Waals surface area contributed by atoms with Crippen LogP contribution in [-0.4, -0.2) is 21.8 Å². The van der Waals surface area contributed by atoms with E-state index in [0.29, 0.717) is 6.29 Å². The lowest BCUT2D eigenvalue weighted by Gasteiger charge is -2.08. The molecular formula is C8H10N2O3S. The monoisotopic (exact) mass is 214 g/mol. The number of hydrogen-bond donors (Lipinski definition) is 2. The first-order chi connectivity index (χ1) is 6.50. The third-order valence-corrected chi connectivity index (χ3v) is 2.70. The molecule has 1 rings (SSSR count). The number of nitrogens with two attached hydrogens (primary N) is 1. The smallest absolute Gasteiger partial charge is 0.240 e. The van der Waals surface area contributed by atoms with E-state index < -0.39 is 10.0 Å². The number of hydrogen-bond acceptors (Lipinski definition) is 4. The van der Waals surface area contributed by atoms with Crippen LogP contribution in [0.1, 0.15) is 10.4 Å². The van der Waals surface area contributed by atoms with Gasteiger partial charge in [0.1, 0.15) is 4.90 Å². The Morgan fingerprint density at radius 1 is 1.43 bits per heavy atom. The Kier molecular flexibility index (Phi) is 2.87. The van der Waals surface area contributed by atoms with E-state index in [4.69, 9.17) is 5.14 Å². The second-order valence-corrected chi connectivity index (χ2v) is 4.16. The molecule has 0 bridgehead atoms. The molecule has 0 saturated carbocycles. The second-order valence-electron chi connectivity index (χ2n) is 2.63. The van der Waals surface area contributed by atoms with Crippen molar-refractivity contribution >= 4 is 22.0 Å². The summed E-state index contributed by atoms with van der Waals surface area (Å²) in [6.07, 6.45) is 0.570. The maximum absolute atomic E-state index is 11.1. The van der Waals surface area contributed by atoms with Gasteiger partial charge in [0.15, 0.2) is 6.29 Å². The molecule has 0 heterocycles. The molecule has 0 unspecified atom stereocenters. The second kappa shape index (κ2) is 3.77. The largest absolute Gasteiger partial charge is 0.386 e. The predicted molar refractivity (Wildman–Crippen MR) is 52.7 cm³/mol. The average molecular weight is 214 g/mol. The first-order valence-corrected chi connectivity index (χ1v) is 5.34. The molecule has 1 aromatic rings. The first-order valence-electron chi connectivity index (χ1n) is 3.79. The molecule has 3 N–H and O–H groups in total. The van der Waals surface area contributed by atoms with E-state index in [1.54, 1.807) is 0 Å². The number of nitrogens with one attached hydrogen (secondary N) is 1. The summed E-state index contributed by atoms with van der Waals surface area (Å²) in [6.45, 7) is 0. The van der Waals surface area contributed by atoms with Gasteiger partial charge in [0.05, 0.1) is 5.69 Å². The Balaban J connectivity index is 3.52. The quantitative estimate of drug-likeness (QED) is 0.703. The van der Waals surface area contributed by atoms with Gasteiger partial charge in [-0.3, -0.25) is 4.79 Å². The minimum atomic E-state index is -3.80. The molecule has 5 nitrogen and oxygen atoms in total. The molecule has 0 spiro atoms. The van der Waals surface area contributed by atoms with Crippen molar-refractivity contribution in [3.63, 3.8) is 0 Å². The van der Waals surface area contributed by atoms with Crippen molar-refractivity contribution in [3.05, 3.63) is 23.8 Å². The van der Waals surface area contributed by atoms with E-state index in [2.05, 4.69) is 5.32 Å². The highest BCUT2D eigenvalue weighted by atomic mass is 32.2. The minimum absolute atomic E-state index is 0.0791. The Morgan fingerprint density at radius 3 is 2.50 bits per heavy atom. The fourth-order valence-electron chi connectivity index (χ4n) is 1.15. The van der Waals surface area contributed by atoms with Gasteiger partial charge in [-0.25, -0.2) is 13.6 Å². The predicted octanol–water partition coefficient (Wildman–Crippen LogP) is 0.188. The first kappa shape index (κ1) is 10.7. The molecule has 76 valence electrons. The summed E-state index contributed by atoms with van der Waals surface area (Å²) in [6, 6.07) is 4.31. The summed E-state index contributed by atoms with van der Waals surface area (Å²) < 4.78 is 22.2. The topological polar surface area (TPSA) is 89.3 Å². The summed E-state index contributed by atoms with van der Waals surface area (Å²) in [5.74, 6) is 0. The zero-order chi connectivity index (χ0) is 10.8. The molecule has 0 atom stereocenters. The van der Waals surface area contributed by atoms with Gasteiger partial charge in [-0.2, -0.15) is 0 Å². The zero-order valence-corrected chi connectivity index (χ0v) is 8.34. The summed E-state index contributed by atoms with van der Waals surface area (Å²) in [4.78, 5) is 10.5. The number of sulfonamides is 1. The van der Waals surface area contributed by atoms with E-state index in [9.17, 15) is 13.2 Å². The molecule has 0 fully saturated rings. The highest BCUT2D eigenvalue weighted by Crippen LogP contribution is 2.22. The van der Waals surface area contributed by atoms with E-state index >= 15 is 0 Å². The fourth-order valence-corrected chi connectivity index (χ4v) is 1.92. The van der Waals surface area contributed by atoms with Crippen LogP contribution < -0.4 is 10.5 Å². The van der Waals surface area contributed by atoms with Crippen LogP contribution >= 0.6 is 0 Å². The van der Waals surface area contributed by atoms with Crippen molar-refractivity contribution < 1.29 is 13.2 Å². The van der Waals surface area contributed by atoms with Crippen LogP contribution in [0.25, 0.3) is 0 Å². The van der Waals surface area contributed by atoms with Crippen LogP contribution in [0.2, 0.25) is 0 Å². The number of aldehydes is 1. The van der Waals surface area contributed by atoms with Crippen LogP contribution in [0.5, 0.6) is 0 Å². The number of carbonyl (C=O) groups excluding carboxylic acids is 1. The molecule has 14 heavy (non-hydrogen) atoms. The molecule has 0 aliphatic heterocycles. The van der Waals surface area contributed by atoms with Crippen molar-refractivity contribution in [2.24, 2.45) is 5.14 Å². The standard InChI is InChI=1S/C8H10N2O3S/c1-10-8-6(5-11)3-2-4-7(8)14(9,12)13/h2-5,10H,1H3,(H2,9,12,13). The van der Waals surface area contributed by atoms with Crippen molar-refractivity contribution in [1.29, 1.82) is 0 Å². The number of rotatable bonds is 3. The highest BCUT2D eigenvalue weighted by Gasteiger charge is 2.15. The normalized spacial score (nSPS) is 11.0. The number of primary sulfonamides is 1. The molecule has 0 aliphatic rings. The van der Waals surface area contributed by atoms with Crippen molar-refractivity contribution in [3.8, 4) is 0 Å². The van der Waals surface area contributed by atoms with Gasteiger partial charge in [-0.05, 0) is 12.1 Å². The molecular weight excluding hydrogens is 204 g/mol. The van der Waals surface area contributed by atoms with Gasteiger partial charge in [-0.15, -0.1) is 0 Å². The van der Waals surface area contributed by atoms with Crippen LogP contribution in [0.3, 0.4) is 0 Å². The van der Waals surface area contributed by atoms with Gasteiger partial charge in [0.25, 0.3) is 0 Å². The van der Waals surface area contributed by atoms with Gasteiger partial charge in [-0.1, -0.05) is 6.07 Å². The summed E-state index contributed by atoms with van der Waals surface area (Å²) in [7, 11) is -2.27. The molecule has 0 aliphatic carbocycles. The van der Waals surface area contributed by atoms with Gasteiger partial charge < -0.3 is 5.32 Å². The number of anilines is 1. The third kappa shape index (κ3) is 1.91. The lowest BCUT2D eigenvalue weighted by molar-refractivity contribution is 0.112. The van der Waals surface area contributed by atoms with Crippen LogP contribution in [0.4, 0.5) is 5.69 Å². The van der Waals surface area contributed by atoms with E-state index in [-0.39, 0.29) is 16.1 Å². The molecule has 6 heteroatoms. The van der Waals surface area contributed by atoms with Gasteiger partial charge in [0.2, 0.25) is 10.0 Å². The lowest BCUT2D eigenvalue weighted by atomic mass is 10.2. The average Bonchev–Trinajstić information content (AvgIpc) is 2.15. The third-order valence-electron chi connectivity index (χ3n) is 1.74. The zero-order valence-electron chi connectivity index (χ0n) is 7.52. The Morgan fingerprint density at radius 2 is 2.07 bits per heavy atom. The summed E-state index contributed by atoms with van der Waals surface area (Å²) in [5.41, 5.74) is 0.490. The molecule has 0 amide bonds. The Bertz CT molecular complexity index is 454. The molecule has 1 aromatic carbocycles. The van der Waals surface area contributed by atoms with Gasteiger partial charge in [0, 0.05) is 12.6 Å². The van der Waals surface area contributed by atoms with E-state index in [1.165, 1.54) is 25.2 Å². The van der Waals surface area contributed by atoms with Gasteiger partial charge >= 0.3 is 0 Å². The Hall–Kier alpha value is -1.40. The summed E-state index contributed by atoms with van der Waals surface area (Å²) in [5, 5.41) is 7.60. The highest BCUT2D eigenvalue weighted by molar-refractivity contribution is 7.89. The number of carbonyl (C=O) groups is 1. The van der Waals surface area contributed by atoms with Crippen LogP contribution in [0.15, 0.2) is 23.1 Å². The minimum Gasteiger partial charge on any atom is -0.386 e. The van der Waals surface area contributed by atoms with Crippen LogP contribution in [0, 0.1) is 0 Å². The van der Waals surface area contributed by atoms with E-state index in [0.717, 1.165) is 0 Å². The van der Waals surface area contributed by atoms with Crippen molar-refractivity contribution in [2.45, 2.75) is 4.90 Å². The molecule has 0 saturated heterocycles. The van der Waals surface area contributed by atoms with Crippen LogP contribution in [-0.2, 0) is 10.0 Å². The lowest BCUT2D eigenvalue weighted by Crippen LogP contribution is -2.15. The van der Waals surface area contributed by atoms with Crippen molar-refractivity contribution in [1.82, 2.24) is 0 Å².